The zero-order chi connectivity index (χ0) is 15.9. The molecule has 0 aliphatic rings. The number of hydrogen-bond donors (Lipinski definition) is 1. The second-order valence-electron chi connectivity index (χ2n) is 5.55. The molecule has 1 N–H and O–H groups in total. The average Bonchev–Trinajstić information content (AvgIpc) is 2.88. The summed E-state index contributed by atoms with van der Waals surface area (Å²) in [6.45, 7) is 8.24. The lowest BCUT2D eigenvalue weighted by atomic mass is 10.2. The van der Waals surface area contributed by atoms with Crippen molar-refractivity contribution >= 4 is 0 Å². The third-order valence-corrected chi connectivity index (χ3v) is 3.44. The SMILES string of the molecule is C#CCOc1ccc(CNCc2cn(C(C)C)nc2C)cc1. The summed E-state index contributed by atoms with van der Waals surface area (Å²) in [5, 5.41) is 7.97. The molecular weight excluding hydrogens is 274 g/mol. The minimum absolute atomic E-state index is 0.302. The maximum Gasteiger partial charge on any atom is 0.148 e. The molecule has 1 aromatic carbocycles. The zero-order valence-electron chi connectivity index (χ0n) is 13.5. The van der Waals surface area contributed by atoms with Crippen LogP contribution in [0.15, 0.2) is 30.5 Å². The van der Waals surface area contributed by atoms with Crippen molar-refractivity contribution in [3.05, 3.63) is 47.3 Å². The van der Waals surface area contributed by atoms with E-state index in [-0.39, 0.29) is 0 Å². The Hall–Kier alpha value is -2.25. The van der Waals surface area contributed by atoms with Gasteiger partial charge in [0.2, 0.25) is 0 Å². The first-order valence-electron chi connectivity index (χ1n) is 7.50. The molecule has 1 aromatic heterocycles. The Bertz CT molecular complexity index is 635. The van der Waals surface area contributed by atoms with Crippen LogP contribution >= 0.6 is 0 Å². The molecule has 0 spiro atoms. The monoisotopic (exact) mass is 297 g/mol. The number of nitrogens with zero attached hydrogens (tertiary/aromatic N) is 2. The molecule has 4 heteroatoms. The summed E-state index contributed by atoms with van der Waals surface area (Å²) < 4.78 is 7.36. The van der Waals surface area contributed by atoms with E-state index in [0.29, 0.717) is 12.6 Å². The van der Waals surface area contributed by atoms with Gasteiger partial charge in [0.05, 0.1) is 5.69 Å². The van der Waals surface area contributed by atoms with Crippen molar-refractivity contribution in [1.29, 1.82) is 0 Å². The summed E-state index contributed by atoms with van der Waals surface area (Å²) >= 11 is 0. The van der Waals surface area contributed by atoms with E-state index in [2.05, 4.69) is 36.4 Å². The van der Waals surface area contributed by atoms with Crippen LogP contribution in [0.4, 0.5) is 0 Å². The molecule has 0 bridgehead atoms. The molecule has 0 amide bonds. The van der Waals surface area contributed by atoms with Crippen molar-refractivity contribution in [2.45, 2.75) is 39.9 Å². The van der Waals surface area contributed by atoms with Gasteiger partial charge < -0.3 is 10.1 Å². The van der Waals surface area contributed by atoms with Crippen LogP contribution in [0.1, 0.15) is 36.7 Å². The molecule has 1 heterocycles. The number of hydrogen-bond acceptors (Lipinski definition) is 3. The molecule has 0 saturated carbocycles. The number of aromatic nitrogens is 2. The van der Waals surface area contributed by atoms with E-state index in [1.165, 1.54) is 11.1 Å². The summed E-state index contributed by atoms with van der Waals surface area (Å²) in [5.74, 6) is 3.26. The number of terminal acetylenes is 1. The van der Waals surface area contributed by atoms with Gasteiger partial charge in [-0.3, -0.25) is 4.68 Å². The molecule has 0 saturated heterocycles. The minimum Gasteiger partial charge on any atom is -0.481 e. The Labute approximate surface area is 132 Å². The van der Waals surface area contributed by atoms with Crippen LogP contribution in [0, 0.1) is 19.3 Å². The van der Waals surface area contributed by atoms with Gasteiger partial charge in [-0.2, -0.15) is 5.10 Å². The Morgan fingerprint density at radius 2 is 2.00 bits per heavy atom. The maximum atomic E-state index is 5.36. The lowest BCUT2D eigenvalue weighted by Crippen LogP contribution is -2.13. The van der Waals surface area contributed by atoms with Crippen molar-refractivity contribution < 1.29 is 4.74 Å². The number of ether oxygens (including phenoxy) is 1. The van der Waals surface area contributed by atoms with E-state index in [0.717, 1.165) is 24.5 Å². The summed E-state index contributed by atoms with van der Waals surface area (Å²) in [5.41, 5.74) is 3.53. The topological polar surface area (TPSA) is 39.1 Å². The Balaban J connectivity index is 1.84. The second kappa shape index (κ2) is 7.67. The smallest absolute Gasteiger partial charge is 0.148 e. The molecule has 0 radical (unpaired) electrons. The van der Waals surface area contributed by atoms with E-state index < -0.39 is 0 Å². The summed E-state index contributed by atoms with van der Waals surface area (Å²) in [7, 11) is 0. The van der Waals surface area contributed by atoms with Crippen molar-refractivity contribution in [2.24, 2.45) is 0 Å². The number of benzene rings is 1. The summed E-state index contributed by atoms with van der Waals surface area (Å²) in [6.07, 6.45) is 7.28. The Kier molecular flexibility index (Phi) is 5.62. The van der Waals surface area contributed by atoms with Gasteiger partial charge in [-0.25, -0.2) is 0 Å². The van der Waals surface area contributed by atoms with Crippen molar-refractivity contribution in [2.75, 3.05) is 6.61 Å². The van der Waals surface area contributed by atoms with Gasteiger partial charge >= 0.3 is 0 Å². The molecule has 2 aromatic rings. The van der Waals surface area contributed by atoms with Crippen LogP contribution in [0.3, 0.4) is 0 Å². The predicted octanol–water partition coefficient (Wildman–Crippen LogP) is 3.07. The van der Waals surface area contributed by atoms with Crippen LogP contribution in [-0.4, -0.2) is 16.4 Å². The quantitative estimate of drug-likeness (QED) is 0.798. The third kappa shape index (κ3) is 4.37. The fourth-order valence-corrected chi connectivity index (χ4v) is 2.13. The van der Waals surface area contributed by atoms with Gasteiger partial charge in [-0.15, -0.1) is 6.42 Å². The first-order valence-corrected chi connectivity index (χ1v) is 7.50. The van der Waals surface area contributed by atoms with Gasteiger partial charge in [0, 0.05) is 30.9 Å². The Morgan fingerprint density at radius 3 is 2.59 bits per heavy atom. The van der Waals surface area contributed by atoms with E-state index in [9.17, 15) is 0 Å². The lowest BCUT2D eigenvalue weighted by Gasteiger charge is -2.06. The van der Waals surface area contributed by atoms with Crippen LogP contribution < -0.4 is 10.1 Å². The van der Waals surface area contributed by atoms with Crippen LogP contribution in [0.25, 0.3) is 0 Å². The van der Waals surface area contributed by atoms with E-state index in [4.69, 9.17) is 11.2 Å². The maximum absolute atomic E-state index is 5.36. The van der Waals surface area contributed by atoms with Gasteiger partial charge in [0.15, 0.2) is 0 Å². The predicted molar refractivity (Wildman–Crippen MR) is 88.7 cm³/mol. The third-order valence-electron chi connectivity index (χ3n) is 3.44. The zero-order valence-corrected chi connectivity index (χ0v) is 13.5. The highest BCUT2D eigenvalue weighted by Crippen LogP contribution is 2.13. The highest BCUT2D eigenvalue weighted by Gasteiger charge is 2.06. The molecular formula is C18H23N3O. The number of nitrogens with one attached hydrogen (secondary N) is 1. The van der Waals surface area contributed by atoms with Gasteiger partial charge in [-0.05, 0) is 38.5 Å². The molecule has 4 nitrogen and oxygen atoms in total. The molecule has 0 unspecified atom stereocenters. The average molecular weight is 297 g/mol. The Morgan fingerprint density at radius 1 is 1.27 bits per heavy atom. The molecule has 0 fully saturated rings. The van der Waals surface area contributed by atoms with Crippen LogP contribution in [-0.2, 0) is 13.1 Å². The largest absolute Gasteiger partial charge is 0.481 e. The number of aryl methyl sites for hydroxylation is 1. The first-order chi connectivity index (χ1) is 10.6. The normalized spacial score (nSPS) is 10.7. The molecule has 0 aliphatic heterocycles. The fourth-order valence-electron chi connectivity index (χ4n) is 2.13. The van der Waals surface area contributed by atoms with Crippen molar-refractivity contribution in [3.8, 4) is 18.1 Å². The van der Waals surface area contributed by atoms with Crippen molar-refractivity contribution in [3.63, 3.8) is 0 Å². The molecule has 0 aliphatic carbocycles. The van der Waals surface area contributed by atoms with E-state index in [1.54, 1.807) is 0 Å². The van der Waals surface area contributed by atoms with Crippen LogP contribution in [0.2, 0.25) is 0 Å². The highest BCUT2D eigenvalue weighted by molar-refractivity contribution is 5.27. The summed E-state index contributed by atoms with van der Waals surface area (Å²) in [6, 6.07) is 8.36. The lowest BCUT2D eigenvalue weighted by molar-refractivity contribution is 0.370. The number of rotatable bonds is 7. The molecule has 0 atom stereocenters. The molecule has 22 heavy (non-hydrogen) atoms. The standard InChI is InChI=1S/C18H23N3O/c1-5-10-22-18-8-6-16(7-9-18)11-19-12-17-13-21(14(2)3)20-15(17)4/h1,6-9,13-14,19H,10-12H2,2-4H3. The van der Waals surface area contributed by atoms with Gasteiger partial charge in [0.1, 0.15) is 12.4 Å². The van der Waals surface area contributed by atoms with Crippen molar-refractivity contribution in [1.82, 2.24) is 15.1 Å². The second-order valence-corrected chi connectivity index (χ2v) is 5.55. The molecule has 116 valence electrons. The first kappa shape index (κ1) is 16.1. The summed E-state index contributed by atoms with van der Waals surface area (Å²) in [4.78, 5) is 0. The molecule has 2 rings (SSSR count). The van der Waals surface area contributed by atoms with E-state index >= 15 is 0 Å². The van der Waals surface area contributed by atoms with Gasteiger partial charge in [-0.1, -0.05) is 18.1 Å². The fraction of sp³-hybridized carbons (Fsp3) is 0.389. The van der Waals surface area contributed by atoms with Crippen LogP contribution in [0.5, 0.6) is 5.75 Å². The highest BCUT2D eigenvalue weighted by atomic mass is 16.5. The van der Waals surface area contributed by atoms with E-state index in [1.807, 2.05) is 35.9 Å². The minimum atomic E-state index is 0.302. The van der Waals surface area contributed by atoms with Gasteiger partial charge in [0.25, 0.3) is 0 Å².